The number of piperidine rings is 1. The van der Waals surface area contributed by atoms with Gasteiger partial charge in [0.2, 0.25) is 0 Å². The van der Waals surface area contributed by atoms with Crippen molar-refractivity contribution in [3.05, 3.63) is 0 Å². The van der Waals surface area contributed by atoms with E-state index in [1.165, 1.54) is 32.1 Å². The van der Waals surface area contributed by atoms with Gasteiger partial charge < -0.3 is 14.8 Å². The number of hydrogen-bond acceptors (Lipinski definition) is 3. The molecule has 0 amide bonds. The zero-order valence-corrected chi connectivity index (χ0v) is 9.76. The Morgan fingerprint density at radius 3 is 2.93 bits per heavy atom. The average molecular weight is 213 g/mol. The van der Waals surface area contributed by atoms with Gasteiger partial charge in [-0.05, 0) is 51.1 Å². The minimum Gasteiger partial charge on any atom is -0.385 e. The summed E-state index contributed by atoms with van der Waals surface area (Å²) in [7, 11) is 1.79. The third-order valence-electron chi connectivity index (χ3n) is 3.84. The van der Waals surface area contributed by atoms with Gasteiger partial charge in [-0.25, -0.2) is 0 Å². The van der Waals surface area contributed by atoms with E-state index in [2.05, 4.69) is 5.32 Å². The first kappa shape index (κ1) is 11.4. The van der Waals surface area contributed by atoms with Crippen molar-refractivity contribution in [1.29, 1.82) is 0 Å². The number of hydrogen-bond donors (Lipinski definition) is 1. The molecule has 2 aliphatic heterocycles. The second-order valence-electron chi connectivity index (χ2n) is 4.92. The van der Waals surface area contributed by atoms with Crippen molar-refractivity contribution in [3.8, 4) is 0 Å². The van der Waals surface area contributed by atoms with E-state index in [4.69, 9.17) is 9.47 Å². The molecule has 2 rings (SSSR count). The lowest BCUT2D eigenvalue weighted by molar-refractivity contribution is -0.116. The Morgan fingerprint density at radius 1 is 1.40 bits per heavy atom. The molecule has 0 aromatic rings. The molecule has 3 nitrogen and oxygen atoms in total. The van der Waals surface area contributed by atoms with Gasteiger partial charge in [-0.15, -0.1) is 0 Å². The van der Waals surface area contributed by atoms with Crippen LogP contribution in [-0.2, 0) is 9.47 Å². The Kier molecular flexibility index (Phi) is 4.00. The quantitative estimate of drug-likeness (QED) is 0.772. The van der Waals surface area contributed by atoms with Crippen LogP contribution in [0.1, 0.15) is 32.1 Å². The van der Waals surface area contributed by atoms with Gasteiger partial charge in [0.1, 0.15) is 0 Å². The molecule has 2 aliphatic rings. The van der Waals surface area contributed by atoms with Gasteiger partial charge in [-0.1, -0.05) is 0 Å². The lowest BCUT2D eigenvalue weighted by Gasteiger charge is -2.43. The standard InChI is InChI=1S/C12H23NO2/c1-14-8-2-11-3-9-15-12(10-11)4-6-13-7-5-12/h11,13H,2-10H2,1H3/t11-/m0/s1. The van der Waals surface area contributed by atoms with E-state index < -0.39 is 0 Å². The second-order valence-corrected chi connectivity index (χ2v) is 4.92. The van der Waals surface area contributed by atoms with Crippen molar-refractivity contribution < 1.29 is 9.47 Å². The molecule has 1 atom stereocenters. The topological polar surface area (TPSA) is 30.5 Å². The normalized spacial score (nSPS) is 30.6. The molecule has 88 valence electrons. The highest BCUT2D eigenvalue weighted by atomic mass is 16.5. The average Bonchev–Trinajstić information content (AvgIpc) is 2.28. The largest absolute Gasteiger partial charge is 0.385 e. The highest BCUT2D eigenvalue weighted by molar-refractivity contribution is 4.90. The zero-order valence-electron chi connectivity index (χ0n) is 9.76. The minimum absolute atomic E-state index is 0.210. The molecule has 0 unspecified atom stereocenters. The third-order valence-corrected chi connectivity index (χ3v) is 3.84. The first-order valence-electron chi connectivity index (χ1n) is 6.18. The van der Waals surface area contributed by atoms with Crippen LogP contribution in [-0.4, -0.2) is 39.0 Å². The van der Waals surface area contributed by atoms with Crippen LogP contribution in [0.15, 0.2) is 0 Å². The van der Waals surface area contributed by atoms with Crippen LogP contribution in [0, 0.1) is 5.92 Å². The molecule has 0 radical (unpaired) electrons. The molecule has 2 heterocycles. The predicted octanol–water partition coefficient (Wildman–Crippen LogP) is 1.57. The Morgan fingerprint density at radius 2 is 2.20 bits per heavy atom. The second kappa shape index (κ2) is 5.28. The molecule has 0 saturated carbocycles. The van der Waals surface area contributed by atoms with Crippen LogP contribution in [0.4, 0.5) is 0 Å². The van der Waals surface area contributed by atoms with Gasteiger partial charge in [-0.3, -0.25) is 0 Å². The fraction of sp³-hybridized carbons (Fsp3) is 1.00. The summed E-state index contributed by atoms with van der Waals surface area (Å²) in [5.41, 5.74) is 0.210. The summed E-state index contributed by atoms with van der Waals surface area (Å²) in [6.45, 7) is 4.10. The highest BCUT2D eigenvalue weighted by Crippen LogP contribution is 2.37. The van der Waals surface area contributed by atoms with Crippen molar-refractivity contribution in [2.75, 3.05) is 33.4 Å². The van der Waals surface area contributed by atoms with Gasteiger partial charge >= 0.3 is 0 Å². The molecule has 0 aliphatic carbocycles. The van der Waals surface area contributed by atoms with Crippen LogP contribution in [0.3, 0.4) is 0 Å². The molecule has 1 N–H and O–H groups in total. The molecule has 3 heteroatoms. The minimum atomic E-state index is 0.210. The lowest BCUT2D eigenvalue weighted by atomic mass is 9.79. The van der Waals surface area contributed by atoms with Crippen LogP contribution < -0.4 is 5.32 Å². The van der Waals surface area contributed by atoms with E-state index in [0.29, 0.717) is 0 Å². The summed E-state index contributed by atoms with van der Waals surface area (Å²) in [6.07, 6.45) is 6.05. The number of rotatable bonds is 3. The number of nitrogens with one attached hydrogen (secondary N) is 1. The maximum Gasteiger partial charge on any atom is 0.0709 e. The number of ether oxygens (including phenoxy) is 2. The molecule has 0 aromatic carbocycles. The Hall–Kier alpha value is -0.120. The van der Waals surface area contributed by atoms with Gasteiger partial charge in [0.05, 0.1) is 5.60 Å². The van der Waals surface area contributed by atoms with Crippen molar-refractivity contribution in [2.45, 2.75) is 37.7 Å². The van der Waals surface area contributed by atoms with Gasteiger partial charge in [0.25, 0.3) is 0 Å². The summed E-state index contributed by atoms with van der Waals surface area (Å²) >= 11 is 0. The molecular formula is C12H23NO2. The Balaban J connectivity index is 1.85. The monoisotopic (exact) mass is 213 g/mol. The first-order chi connectivity index (χ1) is 7.35. The molecular weight excluding hydrogens is 190 g/mol. The van der Waals surface area contributed by atoms with Crippen molar-refractivity contribution in [2.24, 2.45) is 5.92 Å². The van der Waals surface area contributed by atoms with E-state index in [9.17, 15) is 0 Å². The van der Waals surface area contributed by atoms with Crippen LogP contribution in [0.5, 0.6) is 0 Å². The van der Waals surface area contributed by atoms with Crippen LogP contribution in [0.2, 0.25) is 0 Å². The summed E-state index contributed by atoms with van der Waals surface area (Å²) in [4.78, 5) is 0. The molecule has 15 heavy (non-hydrogen) atoms. The smallest absolute Gasteiger partial charge is 0.0709 e. The summed E-state index contributed by atoms with van der Waals surface area (Å²) in [6, 6.07) is 0. The fourth-order valence-corrected chi connectivity index (χ4v) is 2.89. The maximum absolute atomic E-state index is 6.04. The highest BCUT2D eigenvalue weighted by Gasteiger charge is 2.38. The van der Waals surface area contributed by atoms with Gasteiger partial charge in [0.15, 0.2) is 0 Å². The molecule has 0 bridgehead atoms. The Bertz CT molecular complexity index is 185. The molecule has 0 aromatic heterocycles. The van der Waals surface area contributed by atoms with Crippen LogP contribution in [0.25, 0.3) is 0 Å². The summed E-state index contributed by atoms with van der Waals surface area (Å²) < 4.78 is 11.2. The lowest BCUT2D eigenvalue weighted by Crippen LogP contribution is -2.48. The molecule has 2 fully saturated rings. The van der Waals surface area contributed by atoms with Crippen molar-refractivity contribution in [3.63, 3.8) is 0 Å². The first-order valence-corrected chi connectivity index (χ1v) is 6.18. The van der Waals surface area contributed by atoms with E-state index in [-0.39, 0.29) is 5.60 Å². The predicted molar refractivity (Wildman–Crippen MR) is 60.0 cm³/mol. The van der Waals surface area contributed by atoms with E-state index in [1.807, 2.05) is 0 Å². The maximum atomic E-state index is 6.04. The fourth-order valence-electron chi connectivity index (χ4n) is 2.89. The third kappa shape index (κ3) is 2.92. The van der Waals surface area contributed by atoms with Crippen molar-refractivity contribution in [1.82, 2.24) is 5.32 Å². The molecule has 1 spiro atoms. The van der Waals surface area contributed by atoms with E-state index in [0.717, 1.165) is 32.2 Å². The number of methoxy groups -OCH3 is 1. The van der Waals surface area contributed by atoms with Crippen LogP contribution >= 0.6 is 0 Å². The Labute approximate surface area is 92.5 Å². The van der Waals surface area contributed by atoms with Gasteiger partial charge in [0, 0.05) is 20.3 Å². The van der Waals surface area contributed by atoms with Crippen molar-refractivity contribution >= 4 is 0 Å². The zero-order chi connectivity index (χ0) is 10.6. The summed E-state index contributed by atoms with van der Waals surface area (Å²) in [5.74, 6) is 0.816. The van der Waals surface area contributed by atoms with Gasteiger partial charge in [-0.2, -0.15) is 0 Å². The molecule has 2 saturated heterocycles. The summed E-state index contributed by atoms with van der Waals surface area (Å²) in [5, 5.41) is 3.41. The van der Waals surface area contributed by atoms with E-state index >= 15 is 0 Å². The SMILES string of the molecule is COCC[C@H]1CCOC2(CCNCC2)C1. The van der Waals surface area contributed by atoms with E-state index in [1.54, 1.807) is 7.11 Å².